The zero-order valence-electron chi connectivity index (χ0n) is 14.1. The Morgan fingerprint density at radius 2 is 1.96 bits per heavy atom. The molecule has 1 atom stereocenters. The lowest BCUT2D eigenvalue weighted by Crippen LogP contribution is -2.48. The fraction of sp³-hybridized carbons (Fsp3) is 0.250. The number of aryl methyl sites for hydroxylation is 1. The Morgan fingerprint density at radius 1 is 1.21 bits per heavy atom. The van der Waals surface area contributed by atoms with Crippen molar-refractivity contribution in [1.82, 2.24) is 5.32 Å². The molecule has 0 saturated carbocycles. The van der Waals surface area contributed by atoms with Crippen LogP contribution in [0.1, 0.15) is 23.6 Å². The Bertz CT molecular complexity index is 780. The summed E-state index contributed by atoms with van der Waals surface area (Å²) in [6, 6.07) is 13.5. The van der Waals surface area contributed by atoms with E-state index in [-0.39, 0.29) is 5.91 Å². The molecule has 2 aromatic carbocycles. The SMILES string of the molecule is COc1ccc(CNC(=O)C2(C)C=Cc3cc(C)ccc3O2)cc1. The van der Waals surface area contributed by atoms with Crippen molar-refractivity contribution >= 4 is 12.0 Å². The van der Waals surface area contributed by atoms with E-state index in [1.54, 1.807) is 20.1 Å². The lowest BCUT2D eigenvalue weighted by molar-refractivity contribution is -0.132. The molecule has 0 radical (unpaired) electrons. The van der Waals surface area contributed by atoms with Gasteiger partial charge in [0.1, 0.15) is 11.5 Å². The van der Waals surface area contributed by atoms with Gasteiger partial charge in [-0.25, -0.2) is 0 Å². The molecule has 2 aromatic rings. The highest BCUT2D eigenvalue weighted by Crippen LogP contribution is 2.31. The first-order valence-electron chi connectivity index (χ1n) is 7.90. The van der Waals surface area contributed by atoms with Gasteiger partial charge < -0.3 is 14.8 Å². The summed E-state index contributed by atoms with van der Waals surface area (Å²) in [5, 5.41) is 2.93. The van der Waals surface area contributed by atoms with Crippen LogP contribution in [0.15, 0.2) is 48.5 Å². The van der Waals surface area contributed by atoms with Gasteiger partial charge in [-0.05, 0) is 49.8 Å². The number of carbonyl (C=O) groups is 1. The van der Waals surface area contributed by atoms with Gasteiger partial charge in [-0.15, -0.1) is 0 Å². The standard InChI is InChI=1S/C20H21NO3/c1-14-4-9-18-16(12-14)10-11-20(2,24-18)19(22)21-13-15-5-7-17(23-3)8-6-15/h4-12H,13H2,1-3H3,(H,21,22). The Labute approximate surface area is 142 Å². The molecule has 0 aromatic heterocycles. The van der Waals surface area contributed by atoms with E-state index in [2.05, 4.69) is 5.32 Å². The Hall–Kier alpha value is -2.75. The molecule has 0 aliphatic carbocycles. The summed E-state index contributed by atoms with van der Waals surface area (Å²) in [7, 11) is 1.63. The van der Waals surface area contributed by atoms with Crippen LogP contribution in [-0.4, -0.2) is 18.6 Å². The van der Waals surface area contributed by atoms with Crippen molar-refractivity contribution in [2.24, 2.45) is 0 Å². The van der Waals surface area contributed by atoms with Crippen LogP contribution in [0.5, 0.6) is 11.5 Å². The summed E-state index contributed by atoms with van der Waals surface area (Å²) < 4.78 is 11.1. The first kappa shape index (κ1) is 16.1. The van der Waals surface area contributed by atoms with E-state index in [4.69, 9.17) is 9.47 Å². The predicted molar refractivity (Wildman–Crippen MR) is 94.1 cm³/mol. The minimum Gasteiger partial charge on any atom is -0.497 e. The van der Waals surface area contributed by atoms with E-state index in [0.29, 0.717) is 6.54 Å². The maximum atomic E-state index is 12.6. The summed E-state index contributed by atoms with van der Waals surface area (Å²) in [5.41, 5.74) is 2.16. The summed E-state index contributed by atoms with van der Waals surface area (Å²) in [4.78, 5) is 12.6. The monoisotopic (exact) mass is 323 g/mol. The van der Waals surface area contributed by atoms with Gasteiger partial charge in [0.2, 0.25) is 5.60 Å². The fourth-order valence-electron chi connectivity index (χ4n) is 2.63. The third-order valence-corrected chi connectivity index (χ3v) is 4.13. The second-order valence-electron chi connectivity index (χ2n) is 6.11. The average molecular weight is 323 g/mol. The van der Waals surface area contributed by atoms with Crippen LogP contribution in [0.25, 0.3) is 6.08 Å². The van der Waals surface area contributed by atoms with Crippen molar-refractivity contribution in [3.63, 3.8) is 0 Å². The average Bonchev–Trinajstić information content (AvgIpc) is 2.60. The van der Waals surface area contributed by atoms with Crippen LogP contribution < -0.4 is 14.8 Å². The molecule has 0 saturated heterocycles. The fourth-order valence-corrected chi connectivity index (χ4v) is 2.63. The molecule has 3 rings (SSSR count). The number of hydrogen-bond donors (Lipinski definition) is 1. The molecule has 1 unspecified atom stereocenters. The van der Waals surface area contributed by atoms with Gasteiger partial charge >= 0.3 is 0 Å². The number of ether oxygens (including phenoxy) is 2. The molecular weight excluding hydrogens is 302 g/mol. The number of benzene rings is 2. The maximum absolute atomic E-state index is 12.6. The van der Waals surface area contributed by atoms with Gasteiger partial charge in [0.05, 0.1) is 7.11 Å². The van der Waals surface area contributed by atoms with Crippen LogP contribution in [-0.2, 0) is 11.3 Å². The van der Waals surface area contributed by atoms with E-state index < -0.39 is 5.60 Å². The molecule has 124 valence electrons. The molecule has 24 heavy (non-hydrogen) atoms. The lowest BCUT2D eigenvalue weighted by atomic mass is 9.98. The third-order valence-electron chi connectivity index (χ3n) is 4.13. The normalized spacial score (nSPS) is 18.5. The molecular formula is C20H21NO3. The Morgan fingerprint density at radius 3 is 2.67 bits per heavy atom. The highest BCUT2D eigenvalue weighted by atomic mass is 16.5. The van der Waals surface area contributed by atoms with Crippen molar-refractivity contribution in [2.75, 3.05) is 7.11 Å². The van der Waals surface area contributed by atoms with Crippen molar-refractivity contribution in [3.05, 3.63) is 65.2 Å². The number of hydrogen-bond acceptors (Lipinski definition) is 3. The molecule has 4 heteroatoms. The van der Waals surface area contributed by atoms with Gasteiger partial charge in [-0.3, -0.25) is 4.79 Å². The van der Waals surface area contributed by atoms with Gasteiger partial charge in [-0.2, -0.15) is 0 Å². The number of carbonyl (C=O) groups excluding carboxylic acids is 1. The zero-order valence-corrected chi connectivity index (χ0v) is 14.1. The molecule has 1 amide bonds. The number of amides is 1. The quantitative estimate of drug-likeness (QED) is 0.937. The van der Waals surface area contributed by atoms with E-state index in [1.807, 2.05) is 55.5 Å². The van der Waals surface area contributed by atoms with E-state index in [0.717, 1.165) is 28.2 Å². The largest absolute Gasteiger partial charge is 0.497 e. The Kier molecular flexibility index (Phi) is 4.30. The second kappa shape index (κ2) is 6.40. The topological polar surface area (TPSA) is 47.6 Å². The highest BCUT2D eigenvalue weighted by Gasteiger charge is 2.35. The highest BCUT2D eigenvalue weighted by molar-refractivity contribution is 5.89. The van der Waals surface area contributed by atoms with Crippen LogP contribution in [0, 0.1) is 6.92 Å². The number of nitrogens with one attached hydrogen (secondary N) is 1. The van der Waals surface area contributed by atoms with Crippen LogP contribution in [0.4, 0.5) is 0 Å². The van der Waals surface area contributed by atoms with E-state index in [9.17, 15) is 4.79 Å². The minimum atomic E-state index is -1.01. The summed E-state index contributed by atoms with van der Waals surface area (Å²) >= 11 is 0. The number of fused-ring (bicyclic) bond motifs is 1. The first-order chi connectivity index (χ1) is 11.5. The number of rotatable bonds is 4. The van der Waals surface area contributed by atoms with Crippen LogP contribution >= 0.6 is 0 Å². The third kappa shape index (κ3) is 3.27. The van der Waals surface area contributed by atoms with Crippen molar-refractivity contribution < 1.29 is 14.3 Å². The summed E-state index contributed by atoms with van der Waals surface area (Å²) in [6.07, 6.45) is 3.75. The predicted octanol–water partition coefficient (Wildman–Crippen LogP) is 3.48. The lowest BCUT2D eigenvalue weighted by Gasteiger charge is -2.30. The van der Waals surface area contributed by atoms with Crippen LogP contribution in [0.3, 0.4) is 0 Å². The van der Waals surface area contributed by atoms with Crippen molar-refractivity contribution in [1.29, 1.82) is 0 Å². The molecule has 0 bridgehead atoms. The summed E-state index contributed by atoms with van der Waals surface area (Å²) in [6.45, 7) is 4.25. The second-order valence-corrected chi connectivity index (χ2v) is 6.11. The van der Waals surface area contributed by atoms with E-state index >= 15 is 0 Å². The zero-order chi connectivity index (χ0) is 17.2. The van der Waals surface area contributed by atoms with Crippen molar-refractivity contribution in [2.45, 2.75) is 26.0 Å². The molecule has 0 spiro atoms. The molecule has 1 aliphatic heterocycles. The summed E-state index contributed by atoms with van der Waals surface area (Å²) in [5.74, 6) is 1.36. The van der Waals surface area contributed by atoms with Crippen LogP contribution in [0.2, 0.25) is 0 Å². The van der Waals surface area contributed by atoms with Gasteiger partial charge in [-0.1, -0.05) is 29.8 Å². The minimum absolute atomic E-state index is 0.166. The molecule has 1 aliphatic rings. The van der Waals surface area contributed by atoms with Gasteiger partial charge in [0.15, 0.2) is 0 Å². The first-order valence-corrected chi connectivity index (χ1v) is 7.90. The van der Waals surface area contributed by atoms with Crippen molar-refractivity contribution in [3.8, 4) is 11.5 Å². The smallest absolute Gasteiger partial charge is 0.268 e. The van der Waals surface area contributed by atoms with E-state index in [1.165, 1.54) is 0 Å². The number of methoxy groups -OCH3 is 1. The Balaban J connectivity index is 1.67. The molecule has 0 fully saturated rings. The molecule has 4 nitrogen and oxygen atoms in total. The molecule has 1 heterocycles. The van der Waals surface area contributed by atoms with Gasteiger partial charge in [0, 0.05) is 12.1 Å². The molecule has 1 N–H and O–H groups in total. The van der Waals surface area contributed by atoms with Gasteiger partial charge in [0.25, 0.3) is 5.91 Å². The maximum Gasteiger partial charge on any atom is 0.268 e.